The highest BCUT2D eigenvalue weighted by molar-refractivity contribution is 9.10. The summed E-state index contributed by atoms with van der Waals surface area (Å²) in [4.78, 5) is 26.3. The molecule has 1 unspecified atom stereocenters. The minimum atomic E-state index is -0.0954. The van der Waals surface area contributed by atoms with Crippen LogP contribution in [0, 0.1) is 0 Å². The first-order valence-electron chi connectivity index (χ1n) is 9.61. The topological polar surface area (TPSA) is 73.4 Å². The van der Waals surface area contributed by atoms with E-state index in [1.54, 1.807) is 6.20 Å². The van der Waals surface area contributed by atoms with E-state index in [-0.39, 0.29) is 11.9 Å². The normalized spacial score (nSPS) is 15.9. The first kappa shape index (κ1) is 20.5. The molecule has 150 valence electrons. The molecule has 0 aliphatic carbocycles. The second kappa shape index (κ2) is 9.34. The number of carbonyl (C=O) groups is 1. The summed E-state index contributed by atoms with van der Waals surface area (Å²) >= 11 is 3.52. The fraction of sp³-hybridized carbons (Fsp3) is 0.450. The van der Waals surface area contributed by atoms with Gasteiger partial charge in [0, 0.05) is 38.4 Å². The Morgan fingerprint density at radius 1 is 1.25 bits per heavy atom. The van der Waals surface area contributed by atoms with E-state index in [9.17, 15) is 4.79 Å². The van der Waals surface area contributed by atoms with Crippen LogP contribution in [0.5, 0.6) is 0 Å². The summed E-state index contributed by atoms with van der Waals surface area (Å²) in [6.07, 6.45) is 2.64. The van der Waals surface area contributed by atoms with Crippen molar-refractivity contribution in [3.8, 4) is 0 Å². The molecule has 0 saturated carbocycles. The molecule has 1 fully saturated rings. The molecule has 0 bridgehead atoms. The second-order valence-corrected chi connectivity index (χ2v) is 7.96. The van der Waals surface area contributed by atoms with Crippen LogP contribution in [-0.2, 0) is 0 Å². The van der Waals surface area contributed by atoms with Gasteiger partial charge in [-0.1, -0.05) is 19.1 Å². The predicted octanol–water partition coefficient (Wildman–Crippen LogP) is 3.26. The quantitative estimate of drug-likeness (QED) is 0.709. The van der Waals surface area contributed by atoms with Gasteiger partial charge in [-0.15, -0.1) is 0 Å². The van der Waals surface area contributed by atoms with Crippen LogP contribution in [0.15, 0.2) is 34.9 Å². The van der Waals surface area contributed by atoms with Crippen molar-refractivity contribution in [1.82, 2.24) is 20.2 Å². The van der Waals surface area contributed by atoms with Crippen molar-refractivity contribution < 1.29 is 4.79 Å². The van der Waals surface area contributed by atoms with Gasteiger partial charge in [0.2, 0.25) is 5.95 Å². The van der Waals surface area contributed by atoms with Gasteiger partial charge in [0.15, 0.2) is 0 Å². The standard InChI is InChI=1S/C20H27BrN6O/c1-4-14(2)23-19(28)15-7-5-6-8-17(15)24-18-16(21)13-22-20(25-18)27-11-9-26(3)10-12-27/h5-8,13-14H,4,9-12H2,1-3H3,(H,23,28)(H,22,24,25). The van der Waals surface area contributed by atoms with Gasteiger partial charge in [0.1, 0.15) is 5.82 Å². The number of aromatic nitrogens is 2. The van der Waals surface area contributed by atoms with Crippen LogP contribution in [0.25, 0.3) is 0 Å². The maximum atomic E-state index is 12.6. The van der Waals surface area contributed by atoms with Crippen molar-refractivity contribution in [2.75, 3.05) is 43.4 Å². The lowest BCUT2D eigenvalue weighted by Crippen LogP contribution is -2.45. The molecule has 7 nitrogen and oxygen atoms in total. The van der Waals surface area contributed by atoms with Crippen LogP contribution in [0.4, 0.5) is 17.5 Å². The Hall–Kier alpha value is -2.19. The van der Waals surface area contributed by atoms with E-state index in [0.29, 0.717) is 23.0 Å². The zero-order valence-corrected chi connectivity index (χ0v) is 18.2. The summed E-state index contributed by atoms with van der Waals surface area (Å²) in [6, 6.07) is 7.59. The van der Waals surface area contributed by atoms with Crippen LogP contribution in [0.3, 0.4) is 0 Å². The van der Waals surface area contributed by atoms with Crippen LogP contribution in [0.2, 0.25) is 0 Å². The van der Waals surface area contributed by atoms with Crippen molar-refractivity contribution in [2.45, 2.75) is 26.3 Å². The summed E-state index contributed by atoms with van der Waals surface area (Å²) in [7, 11) is 2.12. The van der Waals surface area contributed by atoms with Gasteiger partial charge in [0.25, 0.3) is 5.91 Å². The highest BCUT2D eigenvalue weighted by atomic mass is 79.9. The third-order valence-corrected chi connectivity index (χ3v) is 5.51. The second-order valence-electron chi connectivity index (χ2n) is 7.11. The van der Waals surface area contributed by atoms with Crippen LogP contribution in [-0.4, -0.2) is 60.0 Å². The largest absolute Gasteiger partial charge is 0.350 e. The van der Waals surface area contributed by atoms with Crippen molar-refractivity contribution in [3.05, 3.63) is 40.5 Å². The maximum absolute atomic E-state index is 12.6. The lowest BCUT2D eigenvalue weighted by atomic mass is 10.1. The maximum Gasteiger partial charge on any atom is 0.253 e. The lowest BCUT2D eigenvalue weighted by molar-refractivity contribution is 0.0940. The average molecular weight is 447 g/mol. The molecule has 1 amide bonds. The zero-order valence-electron chi connectivity index (χ0n) is 16.6. The molecule has 3 rings (SSSR count). The number of benzene rings is 1. The molecule has 2 heterocycles. The van der Waals surface area contributed by atoms with Gasteiger partial charge in [0.05, 0.1) is 15.7 Å². The molecule has 28 heavy (non-hydrogen) atoms. The van der Waals surface area contributed by atoms with E-state index >= 15 is 0 Å². The fourth-order valence-corrected chi connectivity index (χ4v) is 3.22. The third-order valence-electron chi connectivity index (χ3n) is 4.93. The minimum absolute atomic E-state index is 0.0954. The zero-order chi connectivity index (χ0) is 20.1. The molecular weight excluding hydrogens is 420 g/mol. The highest BCUT2D eigenvalue weighted by Crippen LogP contribution is 2.27. The molecule has 1 aliphatic heterocycles. The van der Waals surface area contributed by atoms with Gasteiger partial charge in [-0.05, 0) is 48.5 Å². The predicted molar refractivity (Wildman–Crippen MR) is 116 cm³/mol. The lowest BCUT2D eigenvalue weighted by Gasteiger charge is -2.32. The van der Waals surface area contributed by atoms with E-state index in [4.69, 9.17) is 4.98 Å². The smallest absolute Gasteiger partial charge is 0.253 e. The van der Waals surface area contributed by atoms with Crippen molar-refractivity contribution >= 4 is 39.3 Å². The SMILES string of the molecule is CCC(C)NC(=O)c1ccccc1Nc1nc(N2CCN(C)CC2)ncc1Br. The highest BCUT2D eigenvalue weighted by Gasteiger charge is 2.19. The minimum Gasteiger partial charge on any atom is -0.350 e. The summed E-state index contributed by atoms with van der Waals surface area (Å²) in [5.74, 6) is 1.25. The molecular formula is C20H27BrN6O. The number of amides is 1. The number of halogens is 1. The van der Waals surface area contributed by atoms with Gasteiger partial charge in [-0.25, -0.2) is 4.98 Å². The van der Waals surface area contributed by atoms with Crippen LogP contribution >= 0.6 is 15.9 Å². The number of hydrogen-bond acceptors (Lipinski definition) is 6. The number of nitrogens with zero attached hydrogens (tertiary/aromatic N) is 4. The molecule has 1 atom stereocenters. The van der Waals surface area contributed by atoms with Crippen molar-refractivity contribution in [1.29, 1.82) is 0 Å². The number of anilines is 3. The van der Waals surface area contributed by atoms with Crippen molar-refractivity contribution in [3.63, 3.8) is 0 Å². The Balaban J connectivity index is 1.82. The third kappa shape index (κ3) is 4.99. The van der Waals surface area contributed by atoms with E-state index in [2.05, 4.69) is 48.4 Å². The Kier molecular flexibility index (Phi) is 6.85. The molecule has 2 N–H and O–H groups in total. The number of piperazine rings is 1. The molecule has 0 radical (unpaired) electrons. The molecule has 2 aromatic rings. The molecule has 0 spiro atoms. The first-order chi connectivity index (χ1) is 13.5. The van der Waals surface area contributed by atoms with E-state index in [1.165, 1.54) is 0 Å². The summed E-state index contributed by atoms with van der Waals surface area (Å²) in [5, 5.41) is 6.32. The van der Waals surface area contributed by atoms with Crippen LogP contribution in [0.1, 0.15) is 30.6 Å². The molecule has 1 aromatic carbocycles. The Bertz CT molecular complexity index is 822. The van der Waals surface area contributed by atoms with Gasteiger partial charge in [-0.2, -0.15) is 4.98 Å². The summed E-state index contributed by atoms with van der Waals surface area (Å²) in [5.41, 5.74) is 1.31. The number of rotatable bonds is 6. The molecule has 8 heteroatoms. The number of likely N-dealkylation sites (N-methyl/N-ethyl adjacent to an activating group) is 1. The van der Waals surface area contributed by atoms with Gasteiger partial charge >= 0.3 is 0 Å². The van der Waals surface area contributed by atoms with E-state index in [1.807, 2.05) is 38.1 Å². The molecule has 1 aromatic heterocycles. The average Bonchev–Trinajstić information content (AvgIpc) is 2.70. The molecule has 1 aliphatic rings. The Morgan fingerprint density at radius 3 is 2.68 bits per heavy atom. The number of hydrogen-bond donors (Lipinski definition) is 2. The summed E-state index contributed by atoms with van der Waals surface area (Å²) < 4.78 is 0.752. The first-order valence-corrected chi connectivity index (χ1v) is 10.4. The van der Waals surface area contributed by atoms with Crippen molar-refractivity contribution in [2.24, 2.45) is 0 Å². The van der Waals surface area contributed by atoms with E-state index < -0.39 is 0 Å². The Morgan fingerprint density at radius 2 is 1.96 bits per heavy atom. The van der Waals surface area contributed by atoms with Crippen LogP contribution < -0.4 is 15.5 Å². The Labute approximate surface area is 174 Å². The molecule has 1 saturated heterocycles. The van der Waals surface area contributed by atoms with E-state index in [0.717, 1.165) is 37.1 Å². The fourth-order valence-electron chi connectivity index (χ4n) is 2.93. The summed E-state index contributed by atoms with van der Waals surface area (Å²) in [6.45, 7) is 7.81. The van der Waals surface area contributed by atoms with Gasteiger partial charge < -0.3 is 20.4 Å². The number of para-hydroxylation sites is 1. The monoisotopic (exact) mass is 446 g/mol. The number of carbonyl (C=O) groups excluding carboxylic acids is 1. The number of nitrogens with one attached hydrogen (secondary N) is 2. The van der Waals surface area contributed by atoms with Gasteiger partial charge in [-0.3, -0.25) is 4.79 Å².